The molecule has 1 saturated carbocycles. The van der Waals surface area contributed by atoms with Crippen LogP contribution >= 0.6 is 0 Å². The van der Waals surface area contributed by atoms with Gasteiger partial charge in [0.2, 0.25) is 0 Å². The first-order chi connectivity index (χ1) is 9.33. The van der Waals surface area contributed by atoms with Crippen LogP contribution in [-0.2, 0) is 4.74 Å². The van der Waals surface area contributed by atoms with Crippen LogP contribution in [0.25, 0.3) is 0 Å². The van der Waals surface area contributed by atoms with Crippen LogP contribution in [0.4, 0.5) is 0 Å². The van der Waals surface area contributed by atoms with Crippen LogP contribution < -0.4 is 10.1 Å². The fraction of sp³-hybridized carbons (Fsp3) is 0.625. The molecule has 1 aliphatic carbocycles. The lowest BCUT2D eigenvalue weighted by molar-refractivity contribution is 0.146. The van der Waals surface area contributed by atoms with E-state index in [4.69, 9.17) is 9.47 Å². The molecule has 3 heteroatoms. The van der Waals surface area contributed by atoms with Crippen LogP contribution in [0, 0.1) is 0 Å². The fourth-order valence-electron chi connectivity index (χ4n) is 2.48. The highest BCUT2D eigenvalue weighted by Crippen LogP contribution is 2.37. The van der Waals surface area contributed by atoms with E-state index < -0.39 is 0 Å². The van der Waals surface area contributed by atoms with Crippen LogP contribution in [-0.4, -0.2) is 32.9 Å². The SMILES string of the molecule is CCCNC1CC(c2ccc(OCCOC)cc2)C1. The van der Waals surface area contributed by atoms with E-state index in [9.17, 15) is 0 Å². The summed E-state index contributed by atoms with van der Waals surface area (Å²) in [5.74, 6) is 1.66. The van der Waals surface area contributed by atoms with Gasteiger partial charge in [0.25, 0.3) is 0 Å². The summed E-state index contributed by atoms with van der Waals surface area (Å²) in [6, 6.07) is 9.25. The molecule has 0 aliphatic heterocycles. The Labute approximate surface area is 116 Å². The third-order valence-electron chi connectivity index (χ3n) is 3.73. The molecule has 1 fully saturated rings. The van der Waals surface area contributed by atoms with Gasteiger partial charge in [-0.2, -0.15) is 0 Å². The van der Waals surface area contributed by atoms with Crippen molar-refractivity contribution in [1.29, 1.82) is 0 Å². The van der Waals surface area contributed by atoms with E-state index in [1.54, 1.807) is 7.11 Å². The molecular formula is C16H25NO2. The van der Waals surface area contributed by atoms with E-state index in [-0.39, 0.29) is 0 Å². The Kier molecular flexibility index (Phi) is 5.67. The molecule has 0 unspecified atom stereocenters. The maximum atomic E-state index is 5.57. The topological polar surface area (TPSA) is 30.5 Å². The minimum atomic E-state index is 0.613. The molecule has 1 aromatic carbocycles. The second-order valence-corrected chi connectivity index (χ2v) is 5.23. The third kappa shape index (κ3) is 4.22. The van der Waals surface area contributed by atoms with Crippen LogP contribution in [0.5, 0.6) is 5.75 Å². The van der Waals surface area contributed by atoms with Crippen LogP contribution in [0.2, 0.25) is 0 Å². The predicted octanol–water partition coefficient (Wildman–Crippen LogP) is 2.96. The van der Waals surface area contributed by atoms with E-state index in [1.807, 2.05) is 0 Å². The normalized spacial score (nSPS) is 22.0. The number of hydrogen-bond donors (Lipinski definition) is 1. The Balaban J connectivity index is 1.74. The van der Waals surface area contributed by atoms with Gasteiger partial charge in [-0.3, -0.25) is 0 Å². The van der Waals surface area contributed by atoms with E-state index in [0.717, 1.165) is 24.3 Å². The quantitative estimate of drug-likeness (QED) is 0.731. The number of benzene rings is 1. The number of nitrogens with one attached hydrogen (secondary N) is 1. The highest BCUT2D eigenvalue weighted by Gasteiger charge is 2.29. The summed E-state index contributed by atoms with van der Waals surface area (Å²) in [6.07, 6.45) is 3.75. The van der Waals surface area contributed by atoms with Gasteiger partial charge in [0.1, 0.15) is 12.4 Å². The molecule has 1 aromatic rings. The van der Waals surface area contributed by atoms with Gasteiger partial charge in [0.05, 0.1) is 6.61 Å². The molecule has 1 aliphatic rings. The van der Waals surface area contributed by atoms with Crippen molar-refractivity contribution in [1.82, 2.24) is 5.32 Å². The summed E-state index contributed by atoms with van der Waals surface area (Å²) in [4.78, 5) is 0. The first-order valence-electron chi connectivity index (χ1n) is 7.28. The lowest BCUT2D eigenvalue weighted by Gasteiger charge is -2.36. The molecule has 0 bridgehead atoms. The van der Waals surface area contributed by atoms with Crippen LogP contribution in [0.3, 0.4) is 0 Å². The van der Waals surface area contributed by atoms with Crippen molar-refractivity contribution in [3.8, 4) is 5.75 Å². The zero-order chi connectivity index (χ0) is 13.5. The van der Waals surface area contributed by atoms with Gasteiger partial charge in [-0.1, -0.05) is 19.1 Å². The van der Waals surface area contributed by atoms with Gasteiger partial charge in [-0.05, 0) is 49.4 Å². The molecular weight excluding hydrogens is 238 g/mol. The molecule has 0 radical (unpaired) electrons. The van der Waals surface area contributed by atoms with Gasteiger partial charge in [-0.25, -0.2) is 0 Å². The summed E-state index contributed by atoms with van der Waals surface area (Å²) < 4.78 is 10.5. The fourth-order valence-corrected chi connectivity index (χ4v) is 2.48. The van der Waals surface area contributed by atoms with Crippen LogP contribution in [0.1, 0.15) is 37.7 Å². The maximum absolute atomic E-state index is 5.57. The Morgan fingerprint density at radius 1 is 1.16 bits per heavy atom. The lowest BCUT2D eigenvalue weighted by Crippen LogP contribution is -2.40. The molecule has 0 heterocycles. The van der Waals surface area contributed by atoms with Gasteiger partial charge in [0.15, 0.2) is 0 Å². The second kappa shape index (κ2) is 7.51. The molecule has 0 aromatic heterocycles. The second-order valence-electron chi connectivity index (χ2n) is 5.23. The summed E-state index contributed by atoms with van der Waals surface area (Å²) in [6.45, 7) is 4.60. The number of methoxy groups -OCH3 is 1. The lowest BCUT2D eigenvalue weighted by atomic mass is 9.76. The van der Waals surface area contributed by atoms with Gasteiger partial charge < -0.3 is 14.8 Å². The van der Waals surface area contributed by atoms with Crippen molar-refractivity contribution in [3.63, 3.8) is 0 Å². The Bertz CT molecular complexity index is 358. The third-order valence-corrected chi connectivity index (χ3v) is 3.73. The Morgan fingerprint density at radius 2 is 1.89 bits per heavy atom. The molecule has 2 rings (SSSR count). The first kappa shape index (κ1) is 14.4. The van der Waals surface area contributed by atoms with E-state index in [2.05, 4.69) is 36.5 Å². The summed E-state index contributed by atoms with van der Waals surface area (Å²) in [5, 5.41) is 3.58. The zero-order valence-electron chi connectivity index (χ0n) is 12.0. The maximum Gasteiger partial charge on any atom is 0.119 e. The van der Waals surface area contributed by atoms with Crippen LogP contribution in [0.15, 0.2) is 24.3 Å². The van der Waals surface area contributed by atoms with Crippen molar-refractivity contribution in [2.75, 3.05) is 26.9 Å². The standard InChI is InChI=1S/C16H25NO2/c1-3-8-17-15-11-14(12-15)13-4-6-16(7-5-13)19-10-9-18-2/h4-7,14-15,17H,3,8-12H2,1-2H3. The summed E-state index contributed by atoms with van der Waals surface area (Å²) in [7, 11) is 1.69. The van der Waals surface area contributed by atoms with Gasteiger partial charge in [-0.15, -0.1) is 0 Å². The number of rotatable bonds is 8. The minimum Gasteiger partial charge on any atom is -0.491 e. The number of ether oxygens (including phenoxy) is 2. The highest BCUT2D eigenvalue weighted by atomic mass is 16.5. The average Bonchev–Trinajstić information content (AvgIpc) is 2.39. The minimum absolute atomic E-state index is 0.613. The number of hydrogen-bond acceptors (Lipinski definition) is 3. The molecule has 0 saturated heterocycles. The van der Waals surface area contributed by atoms with Gasteiger partial charge in [0, 0.05) is 13.2 Å². The monoisotopic (exact) mass is 263 g/mol. The van der Waals surface area contributed by atoms with Crippen molar-refractivity contribution in [2.24, 2.45) is 0 Å². The summed E-state index contributed by atoms with van der Waals surface area (Å²) in [5.41, 5.74) is 1.44. The molecule has 3 nitrogen and oxygen atoms in total. The summed E-state index contributed by atoms with van der Waals surface area (Å²) >= 11 is 0. The largest absolute Gasteiger partial charge is 0.491 e. The van der Waals surface area contributed by atoms with Gasteiger partial charge >= 0.3 is 0 Å². The first-order valence-corrected chi connectivity index (χ1v) is 7.28. The van der Waals surface area contributed by atoms with Crippen molar-refractivity contribution < 1.29 is 9.47 Å². The molecule has 0 spiro atoms. The molecule has 0 amide bonds. The van der Waals surface area contributed by atoms with E-state index in [1.165, 1.54) is 24.8 Å². The van der Waals surface area contributed by atoms with E-state index >= 15 is 0 Å². The van der Waals surface area contributed by atoms with Crippen molar-refractivity contribution >= 4 is 0 Å². The highest BCUT2D eigenvalue weighted by molar-refractivity contribution is 5.31. The Hall–Kier alpha value is -1.06. The smallest absolute Gasteiger partial charge is 0.119 e. The Morgan fingerprint density at radius 3 is 2.53 bits per heavy atom. The van der Waals surface area contributed by atoms with E-state index in [0.29, 0.717) is 13.2 Å². The zero-order valence-corrected chi connectivity index (χ0v) is 12.0. The molecule has 19 heavy (non-hydrogen) atoms. The molecule has 1 N–H and O–H groups in total. The van der Waals surface area contributed by atoms with Crippen molar-refractivity contribution in [2.45, 2.75) is 38.1 Å². The van der Waals surface area contributed by atoms with Crippen molar-refractivity contribution in [3.05, 3.63) is 29.8 Å². The average molecular weight is 263 g/mol. The molecule has 0 atom stereocenters. The molecule has 106 valence electrons. The predicted molar refractivity (Wildman–Crippen MR) is 77.9 cm³/mol.